The van der Waals surface area contributed by atoms with Crippen LogP contribution in [0.2, 0.25) is 5.02 Å². The van der Waals surface area contributed by atoms with E-state index in [1.165, 1.54) is 6.92 Å². The highest BCUT2D eigenvalue weighted by atomic mass is 35.5. The number of aryl methyl sites for hydroxylation is 1. The van der Waals surface area contributed by atoms with Crippen LogP contribution in [0.4, 0.5) is 24.9 Å². The van der Waals surface area contributed by atoms with Crippen LogP contribution in [-0.2, 0) is 17.3 Å². The molecule has 1 fully saturated rings. The van der Waals surface area contributed by atoms with E-state index in [-0.39, 0.29) is 11.8 Å². The minimum absolute atomic E-state index is 0.00564. The summed E-state index contributed by atoms with van der Waals surface area (Å²) < 4.78 is 46.1. The van der Waals surface area contributed by atoms with Gasteiger partial charge in [0, 0.05) is 47.5 Å². The molecule has 4 aromatic rings. The Morgan fingerprint density at radius 1 is 1.05 bits per heavy atom. The molecule has 3 aromatic heterocycles. The first-order chi connectivity index (χ1) is 17.8. The number of morpholine rings is 1. The van der Waals surface area contributed by atoms with Crippen molar-refractivity contribution in [3.63, 3.8) is 0 Å². The summed E-state index contributed by atoms with van der Waals surface area (Å²) in [5, 5.41) is 1.61. The summed E-state index contributed by atoms with van der Waals surface area (Å²) in [5.41, 5.74) is 3.64. The molecule has 2 aliphatic rings. The lowest BCUT2D eigenvalue weighted by Gasteiger charge is -2.36. The maximum atomic E-state index is 13.6. The van der Waals surface area contributed by atoms with E-state index in [1.54, 1.807) is 11.1 Å². The molecule has 0 saturated carbocycles. The van der Waals surface area contributed by atoms with Crippen molar-refractivity contribution >= 4 is 34.3 Å². The molecule has 0 bridgehead atoms. The number of aromatic nitrogens is 5. The molecule has 1 aromatic carbocycles. The third-order valence-corrected chi connectivity index (χ3v) is 6.99. The van der Waals surface area contributed by atoms with E-state index in [0.717, 1.165) is 46.6 Å². The quantitative estimate of drug-likeness (QED) is 0.411. The zero-order valence-electron chi connectivity index (χ0n) is 19.9. The standard InChI is InChI=1S/C25H23ClF3N7O/c1-14-31-23(25(27,28)29)34-24(32-14)36-7-6-17-18-12-16(26)3-4-19(18)33-21(17)22(36)15-2-5-20(30-13-15)35-8-10-37-11-9-35/h2-5,12-13,22,33H,6-11H2,1H3/t22-/m0/s1. The Morgan fingerprint density at radius 3 is 2.59 bits per heavy atom. The number of hydrogen-bond acceptors (Lipinski definition) is 7. The summed E-state index contributed by atoms with van der Waals surface area (Å²) in [5.74, 6) is -0.396. The third kappa shape index (κ3) is 4.46. The SMILES string of the molecule is Cc1nc(N2CCc3c([nH]c4ccc(Cl)cc34)[C@@H]2c2ccc(N3CCOCC3)nc2)nc(C(F)(F)F)n1. The normalized spacial score (nSPS) is 18.4. The molecule has 5 heterocycles. The van der Waals surface area contributed by atoms with Crippen LogP contribution in [0.3, 0.4) is 0 Å². The van der Waals surface area contributed by atoms with Crippen LogP contribution >= 0.6 is 11.6 Å². The van der Waals surface area contributed by atoms with Gasteiger partial charge in [-0.05, 0) is 48.7 Å². The average molecular weight is 530 g/mol. The Hall–Kier alpha value is -3.44. The summed E-state index contributed by atoms with van der Waals surface area (Å²) in [6, 6.07) is 9.04. The molecule has 1 atom stereocenters. The van der Waals surface area contributed by atoms with Gasteiger partial charge in [0.2, 0.25) is 11.8 Å². The zero-order valence-corrected chi connectivity index (χ0v) is 20.6. The van der Waals surface area contributed by atoms with E-state index in [4.69, 9.17) is 21.3 Å². The molecule has 1 N–H and O–H groups in total. The summed E-state index contributed by atoms with van der Waals surface area (Å²) in [6.07, 6.45) is -2.33. The molecular formula is C25H23ClF3N7O. The fraction of sp³-hybridized carbons (Fsp3) is 0.360. The number of H-pyrrole nitrogens is 1. The van der Waals surface area contributed by atoms with Gasteiger partial charge in [-0.15, -0.1) is 0 Å². The number of aromatic amines is 1. The van der Waals surface area contributed by atoms with Gasteiger partial charge in [-0.3, -0.25) is 0 Å². The van der Waals surface area contributed by atoms with Gasteiger partial charge in [0.1, 0.15) is 11.6 Å². The van der Waals surface area contributed by atoms with Gasteiger partial charge >= 0.3 is 6.18 Å². The first-order valence-corrected chi connectivity index (χ1v) is 12.3. The Kier molecular flexibility index (Phi) is 5.91. The van der Waals surface area contributed by atoms with Crippen molar-refractivity contribution in [2.24, 2.45) is 0 Å². The van der Waals surface area contributed by atoms with Crippen LogP contribution in [0, 0.1) is 6.92 Å². The van der Waals surface area contributed by atoms with E-state index in [2.05, 4.69) is 24.8 Å². The van der Waals surface area contributed by atoms with Gasteiger partial charge in [-0.25, -0.2) is 9.97 Å². The fourth-order valence-corrected chi connectivity index (χ4v) is 5.26. The van der Waals surface area contributed by atoms with Gasteiger partial charge in [0.05, 0.1) is 19.3 Å². The summed E-state index contributed by atoms with van der Waals surface area (Å²) >= 11 is 6.28. The monoisotopic (exact) mass is 529 g/mol. The molecule has 0 spiro atoms. The predicted octanol–water partition coefficient (Wildman–Crippen LogP) is 4.72. The molecule has 8 nitrogen and oxygen atoms in total. The molecule has 192 valence electrons. The molecule has 6 rings (SSSR count). The molecule has 37 heavy (non-hydrogen) atoms. The minimum atomic E-state index is -4.68. The van der Waals surface area contributed by atoms with Crippen molar-refractivity contribution < 1.29 is 17.9 Å². The minimum Gasteiger partial charge on any atom is -0.378 e. The molecule has 0 unspecified atom stereocenters. The maximum absolute atomic E-state index is 13.6. The van der Waals surface area contributed by atoms with Crippen LogP contribution in [0.25, 0.3) is 10.9 Å². The number of nitrogens with zero attached hydrogens (tertiary/aromatic N) is 6. The van der Waals surface area contributed by atoms with Crippen molar-refractivity contribution in [1.29, 1.82) is 0 Å². The summed E-state index contributed by atoms with van der Waals surface area (Å²) in [7, 11) is 0. The highest BCUT2D eigenvalue weighted by molar-refractivity contribution is 6.31. The van der Waals surface area contributed by atoms with Crippen LogP contribution in [-0.4, -0.2) is 57.8 Å². The van der Waals surface area contributed by atoms with Crippen LogP contribution in [0.1, 0.15) is 34.5 Å². The molecular weight excluding hydrogens is 507 g/mol. The van der Waals surface area contributed by atoms with Crippen LogP contribution < -0.4 is 9.80 Å². The van der Waals surface area contributed by atoms with Crippen molar-refractivity contribution in [2.75, 3.05) is 42.6 Å². The number of benzene rings is 1. The van der Waals surface area contributed by atoms with E-state index < -0.39 is 18.0 Å². The molecule has 0 amide bonds. The predicted molar refractivity (Wildman–Crippen MR) is 133 cm³/mol. The molecule has 0 aliphatic carbocycles. The second kappa shape index (κ2) is 9.14. The van der Waals surface area contributed by atoms with Gasteiger partial charge in [0.25, 0.3) is 0 Å². The smallest absolute Gasteiger partial charge is 0.378 e. The molecule has 0 radical (unpaired) electrons. The fourth-order valence-electron chi connectivity index (χ4n) is 5.08. The second-order valence-electron chi connectivity index (χ2n) is 9.11. The van der Waals surface area contributed by atoms with Gasteiger partial charge in [-0.1, -0.05) is 17.7 Å². The number of anilines is 2. The number of fused-ring (bicyclic) bond motifs is 3. The summed E-state index contributed by atoms with van der Waals surface area (Å²) in [6.45, 7) is 4.62. The average Bonchev–Trinajstić information content (AvgIpc) is 3.26. The highest BCUT2D eigenvalue weighted by Gasteiger charge is 2.38. The Bertz CT molecular complexity index is 1450. The van der Waals surface area contributed by atoms with Gasteiger partial charge in [-0.2, -0.15) is 23.1 Å². The lowest BCUT2D eigenvalue weighted by molar-refractivity contribution is -0.145. The maximum Gasteiger partial charge on any atom is 0.451 e. The van der Waals surface area contributed by atoms with Crippen LogP contribution in [0.15, 0.2) is 36.5 Å². The number of nitrogens with one attached hydrogen (secondary N) is 1. The molecule has 1 saturated heterocycles. The second-order valence-corrected chi connectivity index (χ2v) is 9.54. The summed E-state index contributed by atoms with van der Waals surface area (Å²) in [4.78, 5) is 23.8. The van der Waals surface area contributed by atoms with Crippen molar-refractivity contribution in [1.82, 2.24) is 24.9 Å². The number of hydrogen-bond donors (Lipinski definition) is 1. The lowest BCUT2D eigenvalue weighted by Crippen LogP contribution is -2.38. The van der Waals surface area contributed by atoms with Crippen molar-refractivity contribution in [3.05, 3.63) is 70.0 Å². The first kappa shape index (κ1) is 23.9. The van der Waals surface area contributed by atoms with Crippen LogP contribution in [0.5, 0.6) is 0 Å². The van der Waals surface area contributed by atoms with Crippen molar-refractivity contribution in [3.8, 4) is 0 Å². The Morgan fingerprint density at radius 2 is 1.86 bits per heavy atom. The highest BCUT2D eigenvalue weighted by Crippen LogP contribution is 2.41. The van der Waals surface area contributed by atoms with Crippen molar-refractivity contribution in [2.45, 2.75) is 25.6 Å². The van der Waals surface area contributed by atoms with E-state index in [0.29, 0.717) is 31.2 Å². The molecule has 2 aliphatic heterocycles. The number of pyridine rings is 1. The number of alkyl halides is 3. The first-order valence-electron chi connectivity index (χ1n) is 11.9. The number of ether oxygens (including phenoxy) is 1. The number of rotatable bonds is 3. The zero-order chi connectivity index (χ0) is 25.7. The van der Waals surface area contributed by atoms with Gasteiger partial charge in [0.15, 0.2) is 0 Å². The van der Waals surface area contributed by atoms with Gasteiger partial charge < -0.3 is 19.5 Å². The van der Waals surface area contributed by atoms with E-state index in [9.17, 15) is 13.2 Å². The van der Waals surface area contributed by atoms with E-state index in [1.807, 2.05) is 30.3 Å². The molecule has 12 heteroatoms. The number of halogens is 4. The van der Waals surface area contributed by atoms with E-state index >= 15 is 0 Å². The Labute approximate surface area is 215 Å². The third-order valence-electron chi connectivity index (χ3n) is 6.76. The Balaban J connectivity index is 1.47. The largest absolute Gasteiger partial charge is 0.451 e. The topological polar surface area (TPSA) is 83.1 Å². The lowest BCUT2D eigenvalue weighted by atomic mass is 9.93.